The Hall–Kier alpha value is -1.19. The first-order valence-electron chi connectivity index (χ1n) is 6.84. The topological polar surface area (TPSA) is 18.5 Å². The highest BCUT2D eigenvalue weighted by Gasteiger charge is 2.15. The van der Waals surface area contributed by atoms with Crippen LogP contribution in [0.2, 0.25) is 0 Å². The van der Waals surface area contributed by atoms with Gasteiger partial charge in [0, 0.05) is 12.0 Å². The molecule has 0 radical (unpaired) electrons. The summed E-state index contributed by atoms with van der Waals surface area (Å²) in [6.45, 7) is 10.9. The summed E-state index contributed by atoms with van der Waals surface area (Å²) in [6.07, 6.45) is 1.41. The Labute approximate surface area is 115 Å². The summed E-state index contributed by atoms with van der Waals surface area (Å²) in [5, 5.41) is 0. The third-order valence-corrected chi connectivity index (χ3v) is 2.85. The lowest BCUT2D eigenvalue weighted by molar-refractivity contribution is -0.0462. The molecule has 1 fully saturated rings. The number of ether oxygens (including phenoxy) is 2. The van der Waals surface area contributed by atoms with E-state index in [9.17, 15) is 4.39 Å². The second kappa shape index (κ2) is 8.08. The molecule has 0 aliphatic carbocycles. The minimum atomic E-state index is -0.205. The van der Waals surface area contributed by atoms with Crippen LogP contribution in [0.1, 0.15) is 38.3 Å². The normalized spacial score (nSPS) is 14.9. The number of aryl methyl sites for hydroxylation is 1. The highest BCUT2D eigenvalue weighted by Crippen LogP contribution is 2.19. The summed E-state index contributed by atoms with van der Waals surface area (Å²) in [6, 6.07) is 5.28. The van der Waals surface area contributed by atoms with Crippen molar-refractivity contribution in [2.45, 2.75) is 39.9 Å². The van der Waals surface area contributed by atoms with Crippen LogP contribution in [0, 0.1) is 5.82 Å². The van der Waals surface area contributed by atoms with Gasteiger partial charge >= 0.3 is 0 Å². The van der Waals surface area contributed by atoms with Gasteiger partial charge in [-0.05, 0) is 30.5 Å². The van der Waals surface area contributed by atoms with Crippen LogP contribution in [0.4, 0.5) is 4.39 Å². The molecule has 0 atom stereocenters. The fourth-order valence-corrected chi connectivity index (χ4v) is 1.92. The van der Waals surface area contributed by atoms with Crippen molar-refractivity contribution in [3.63, 3.8) is 0 Å². The van der Waals surface area contributed by atoms with Gasteiger partial charge in [-0.1, -0.05) is 32.6 Å². The van der Waals surface area contributed by atoms with E-state index in [2.05, 4.69) is 6.58 Å². The molecule has 2 rings (SSSR count). The first-order chi connectivity index (χ1) is 9.16. The summed E-state index contributed by atoms with van der Waals surface area (Å²) in [5.41, 5.74) is 2.30. The van der Waals surface area contributed by atoms with Crippen molar-refractivity contribution in [1.29, 1.82) is 0 Å². The van der Waals surface area contributed by atoms with E-state index in [1.54, 1.807) is 19.1 Å². The Kier molecular flexibility index (Phi) is 6.74. The summed E-state index contributed by atoms with van der Waals surface area (Å²) in [4.78, 5) is 0. The average molecular weight is 266 g/mol. The van der Waals surface area contributed by atoms with Crippen LogP contribution in [0.3, 0.4) is 0 Å². The molecular formula is C16H23FO2. The summed E-state index contributed by atoms with van der Waals surface area (Å²) in [7, 11) is 0. The average Bonchev–Trinajstić information content (AvgIpc) is 2.91. The summed E-state index contributed by atoms with van der Waals surface area (Å²) >= 11 is 0. The predicted molar refractivity (Wildman–Crippen MR) is 76.5 cm³/mol. The fraction of sp³-hybridized carbons (Fsp3) is 0.500. The molecule has 3 heteroatoms. The molecular weight excluding hydrogens is 243 g/mol. The summed E-state index contributed by atoms with van der Waals surface area (Å²) < 4.78 is 24.4. The minimum absolute atomic E-state index is 0.126. The molecule has 0 unspecified atom stereocenters. The molecule has 106 valence electrons. The molecule has 1 aliphatic rings. The van der Waals surface area contributed by atoms with Crippen molar-refractivity contribution in [2.75, 3.05) is 13.2 Å². The lowest BCUT2D eigenvalue weighted by atomic mass is 10.0. The largest absolute Gasteiger partial charge is 0.350 e. The minimum Gasteiger partial charge on any atom is -0.350 e. The van der Waals surface area contributed by atoms with Crippen molar-refractivity contribution >= 4 is 5.57 Å². The van der Waals surface area contributed by atoms with E-state index in [4.69, 9.17) is 9.47 Å². The Morgan fingerprint density at radius 2 is 1.95 bits per heavy atom. The van der Waals surface area contributed by atoms with Crippen molar-refractivity contribution in [1.82, 2.24) is 0 Å². The van der Waals surface area contributed by atoms with Gasteiger partial charge in [-0.15, -0.1) is 0 Å². The van der Waals surface area contributed by atoms with Crippen molar-refractivity contribution < 1.29 is 13.9 Å². The van der Waals surface area contributed by atoms with Crippen LogP contribution in [-0.2, 0) is 15.9 Å². The van der Waals surface area contributed by atoms with Gasteiger partial charge < -0.3 is 9.47 Å². The number of rotatable bonds is 4. The Balaban J connectivity index is 0.000000861. The van der Waals surface area contributed by atoms with E-state index < -0.39 is 0 Å². The zero-order valence-corrected chi connectivity index (χ0v) is 12.0. The lowest BCUT2D eigenvalue weighted by Gasteiger charge is -2.09. The van der Waals surface area contributed by atoms with Crippen molar-refractivity contribution in [3.05, 3.63) is 41.7 Å². The molecule has 19 heavy (non-hydrogen) atoms. The van der Waals surface area contributed by atoms with Gasteiger partial charge in [0.1, 0.15) is 5.82 Å². The van der Waals surface area contributed by atoms with E-state index in [0.29, 0.717) is 18.8 Å². The van der Waals surface area contributed by atoms with Crippen LogP contribution in [-0.4, -0.2) is 19.5 Å². The molecule has 0 N–H and O–H groups in total. The van der Waals surface area contributed by atoms with Gasteiger partial charge in [0.25, 0.3) is 0 Å². The Morgan fingerprint density at radius 1 is 1.32 bits per heavy atom. The zero-order valence-electron chi connectivity index (χ0n) is 12.0. The van der Waals surface area contributed by atoms with E-state index in [-0.39, 0.29) is 12.1 Å². The van der Waals surface area contributed by atoms with Crippen molar-refractivity contribution in [3.8, 4) is 0 Å². The molecule has 0 amide bonds. The quantitative estimate of drug-likeness (QED) is 0.813. The second-order valence-corrected chi connectivity index (χ2v) is 4.30. The van der Waals surface area contributed by atoms with Crippen LogP contribution in [0.5, 0.6) is 0 Å². The maximum Gasteiger partial charge on any atom is 0.158 e. The summed E-state index contributed by atoms with van der Waals surface area (Å²) in [5.74, 6) is -0.205. The maximum atomic E-state index is 13.7. The molecule has 0 spiro atoms. The van der Waals surface area contributed by atoms with E-state index in [1.165, 1.54) is 0 Å². The molecule has 0 saturated carbocycles. The standard InChI is InChI=1S/C14H17FO2.C2H6/c1-10(2)12-5-3-11(9-13(12)15)4-6-14-16-7-8-17-14;1-2/h3,5,9,14H,1,4,6-8H2,2H3;1-2H3. The first kappa shape index (κ1) is 15.9. The van der Waals surface area contributed by atoms with E-state index in [0.717, 1.165) is 24.0 Å². The fourth-order valence-electron chi connectivity index (χ4n) is 1.92. The Morgan fingerprint density at radius 3 is 2.47 bits per heavy atom. The van der Waals surface area contributed by atoms with Crippen LogP contribution in [0.25, 0.3) is 5.57 Å². The molecule has 1 heterocycles. The van der Waals surface area contributed by atoms with Gasteiger partial charge in [0.2, 0.25) is 0 Å². The number of halogens is 1. The Bertz CT molecular complexity index is 409. The third-order valence-electron chi connectivity index (χ3n) is 2.85. The highest BCUT2D eigenvalue weighted by atomic mass is 19.1. The smallest absolute Gasteiger partial charge is 0.158 e. The molecule has 0 bridgehead atoms. The second-order valence-electron chi connectivity index (χ2n) is 4.30. The van der Waals surface area contributed by atoms with Gasteiger partial charge in [0.05, 0.1) is 13.2 Å². The monoisotopic (exact) mass is 266 g/mol. The predicted octanol–water partition coefficient (Wildman–Crippen LogP) is 4.19. The SMILES string of the molecule is C=C(C)c1ccc(CCC2OCCO2)cc1F.CC. The molecule has 1 saturated heterocycles. The van der Waals surface area contributed by atoms with Gasteiger partial charge in [-0.3, -0.25) is 0 Å². The number of hydrogen-bond donors (Lipinski definition) is 0. The van der Waals surface area contributed by atoms with Gasteiger partial charge in [-0.2, -0.15) is 0 Å². The maximum absolute atomic E-state index is 13.7. The molecule has 2 nitrogen and oxygen atoms in total. The zero-order chi connectivity index (χ0) is 14.3. The van der Waals surface area contributed by atoms with Crippen LogP contribution in [0.15, 0.2) is 24.8 Å². The van der Waals surface area contributed by atoms with Crippen LogP contribution < -0.4 is 0 Å². The van der Waals surface area contributed by atoms with Gasteiger partial charge in [0.15, 0.2) is 6.29 Å². The van der Waals surface area contributed by atoms with Crippen molar-refractivity contribution in [2.24, 2.45) is 0 Å². The molecule has 1 aromatic carbocycles. The molecule has 1 aliphatic heterocycles. The first-order valence-corrected chi connectivity index (χ1v) is 6.84. The van der Waals surface area contributed by atoms with Crippen LogP contribution >= 0.6 is 0 Å². The number of allylic oxidation sites excluding steroid dienone is 1. The molecule has 1 aromatic rings. The highest BCUT2D eigenvalue weighted by molar-refractivity contribution is 5.62. The lowest BCUT2D eigenvalue weighted by Crippen LogP contribution is -2.08. The number of benzene rings is 1. The third kappa shape index (κ3) is 4.77. The van der Waals surface area contributed by atoms with Gasteiger partial charge in [-0.25, -0.2) is 4.39 Å². The molecule has 0 aromatic heterocycles. The van der Waals surface area contributed by atoms with E-state index in [1.807, 2.05) is 19.9 Å². The number of hydrogen-bond acceptors (Lipinski definition) is 2. The van der Waals surface area contributed by atoms with E-state index >= 15 is 0 Å².